The SMILES string of the molecule is COc1cc(N2CCOCC2)ccc1/C=C(\C#N)c1cccc(Br)c1. The molecular formula is C20H19BrN2O2. The Kier molecular flexibility index (Phi) is 5.75. The van der Waals surface area contributed by atoms with Gasteiger partial charge in [-0.25, -0.2) is 0 Å². The molecule has 0 spiro atoms. The van der Waals surface area contributed by atoms with Crippen molar-refractivity contribution in [2.24, 2.45) is 0 Å². The molecule has 1 aliphatic rings. The van der Waals surface area contributed by atoms with Crippen molar-refractivity contribution in [1.82, 2.24) is 0 Å². The second kappa shape index (κ2) is 8.19. The summed E-state index contributed by atoms with van der Waals surface area (Å²) in [5.74, 6) is 0.756. The Bertz CT molecular complexity index is 821. The van der Waals surface area contributed by atoms with Gasteiger partial charge in [0.2, 0.25) is 0 Å². The lowest BCUT2D eigenvalue weighted by Crippen LogP contribution is -2.36. The van der Waals surface area contributed by atoms with Crippen LogP contribution in [0.1, 0.15) is 11.1 Å². The number of nitrogens with zero attached hydrogens (tertiary/aromatic N) is 2. The number of ether oxygens (including phenoxy) is 2. The van der Waals surface area contributed by atoms with Crippen LogP contribution < -0.4 is 9.64 Å². The molecule has 25 heavy (non-hydrogen) atoms. The fourth-order valence-electron chi connectivity index (χ4n) is 2.83. The summed E-state index contributed by atoms with van der Waals surface area (Å²) in [6.45, 7) is 3.23. The fraction of sp³-hybridized carbons (Fsp3) is 0.250. The minimum atomic E-state index is 0.596. The number of hydrogen-bond donors (Lipinski definition) is 0. The number of morpholine rings is 1. The van der Waals surface area contributed by atoms with E-state index < -0.39 is 0 Å². The zero-order chi connectivity index (χ0) is 17.6. The van der Waals surface area contributed by atoms with Crippen LogP contribution >= 0.6 is 15.9 Å². The zero-order valence-corrected chi connectivity index (χ0v) is 15.6. The van der Waals surface area contributed by atoms with Gasteiger partial charge in [-0.15, -0.1) is 0 Å². The van der Waals surface area contributed by atoms with Crippen LogP contribution in [-0.4, -0.2) is 33.4 Å². The zero-order valence-electron chi connectivity index (χ0n) is 14.0. The molecule has 0 aromatic heterocycles. The minimum Gasteiger partial charge on any atom is -0.496 e. The van der Waals surface area contributed by atoms with E-state index in [1.54, 1.807) is 7.11 Å². The van der Waals surface area contributed by atoms with E-state index >= 15 is 0 Å². The first-order valence-corrected chi connectivity index (χ1v) is 8.89. The summed E-state index contributed by atoms with van der Waals surface area (Å²) in [6, 6.07) is 16.1. The highest BCUT2D eigenvalue weighted by Crippen LogP contribution is 2.30. The quantitative estimate of drug-likeness (QED) is 0.566. The van der Waals surface area contributed by atoms with E-state index in [-0.39, 0.29) is 0 Å². The van der Waals surface area contributed by atoms with E-state index in [0.29, 0.717) is 5.57 Å². The molecule has 0 N–H and O–H groups in total. The van der Waals surface area contributed by atoms with Crippen molar-refractivity contribution < 1.29 is 9.47 Å². The highest BCUT2D eigenvalue weighted by Gasteiger charge is 2.13. The third-order valence-electron chi connectivity index (χ3n) is 4.15. The number of benzene rings is 2. The second-order valence-electron chi connectivity index (χ2n) is 5.71. The summed E-state index contributed by atoms with van der Waals surface area (Å²) in [5.41, 5.74) is 3.46. The fourth-order valence-corrected chi connectivity index (χ4v) is 3.23. The summed E-state index contributed by atoms with van der Waals surface area (Å²) >= 11 is 3.45. The lowest BCUT2D eigenvalue weighted by molar-refractivity contribution is 0.122. The van der Waals surface area contributed by atoms with Gasteiger partial charge in [0, 0.05) is 34.9 Å². The number of nitriles is 1. The molecule has 5 heteroatoms. The molecule has 2 aromatic carbocycles. The molecule has 0 saturated carbocycles. The van der Waals surface area contributed by atoms with Crippen molar-refractivity contribution in [1.29, 1.82) is 5.26 Å². The molecular weight excluding hydrogens is 380 g/mol. The standard InChI is InChI=1S/C20H19BrN2O2/c1-24-20-13-19(23-7-9-25-10-8-23)6-5-16(20)11-17(14-22)15-3-2-4-18(21)12-15/h2-6,11-13H,7-10H2,1H3/b17-11+. The molecule has 128 valence electrons. The molecule has 4 nitrogen and oxygen atoms in total. The monoisotopic (exact) mass is 398 g/mol. The molecule has 2 aromatic rings. The van der Waals surface area contributed by atoms with E-state index in [9.17, 15) is 5.26 Å². The van der Waals surface area contributed by atoms with Crippen LogP contribution in [0.3, 0.4) is 0 Å². The van der Waals surface area contributed by atoms with Crippen LogP contribution in [0.15, 0.2) is 46.9 Å². The molecule has 0 radical (unpaired) electrons. The van der Waals surface area contributed by atoms with Gasteiger partial charge in [0.25, 0.3) is 0 Å². The average Bonchev–Trinajstić information content (AvgIpc) is 2.66. The van der Waals surface area contributed by atoms with Gasteiger partial charge in [0.05, 0.1) is 32.0 Å². The van der Waals surface area contributed by atoms with Crippen LogP contribution in [0.5, 0.6) is 5.75 Å². The maximum absolute atomic E-state index is 9.56. The molecule has 0 atom stereocenters. The third-order valence-corrected chi connectivity index (χ3v) is 4.64. The van der Waals surface area contributed by atoms with Crippen molar-refractivity contribution in [2.45, 2.75) is 0 Å². The Morgan fingerprint density at radius 3 is 2.72 bits per heavy atom. The lowest BCUT2D eigenvalue weighted by atomic mass is 10.0. The van der Waals surface area contributed by atoms with Gasteiger partial charge >= 0.3 is 0 Å². The molecule has 0 bridgehead atoms. The molecule has 1 heterocycles. The first-order chi connectivity index (χ1) is 12.2. The van der Waals surface area contributed by atoms with Gasteiger partial charge in [0.1, 0.15) is 5.75 Å². The van der Waals surface area contributed by atoms with Gasteiger partial charge in [-0.1, -0.05) is 28.1 Å². The summed E-state index contributed by atoms with van der Waals surface area (Å²) in [4.78, 5) is 2.28. The van der Waals surface area contributed by atoms with Crippen LogP contribution in [0.2, 0.25) is 0 Å². The van der Waals surface area contributed by atoms with Gasteiger partial charge in [-0.05, 0) is 35.9 Å². The Balaban J connectivity index is 1.94. The number of allylic oxidation sites excluding steroid dienone is 1. The van der Waals surface area contributed by atoms with Crippen molar-refractivity contribution in [3.63, 3.8) is 0 Å². The maximum Gasteiger partial charge on any atom is 0.128 e. The molecule has 0 unspecified atom stereocenters. The van der Waals surface area contributed by atoms with Gasteiger partial charge in [-0.3, -0.25) is 0 Å². The van der Waals surface area contributed by atoms with Crippen LogP contribution in [0.4, 0.5) is 5.69 Å². The van der Waals surface area contributed by atoms with Gasteiger partial charge in [-0.2, -0.15) is 5.26 Å². The topological polar surface area (TPSA) is 45.5 Å². The Hall–Kier alpha value is -2.29. The lowest BCUT2D eigenvalue weighted by Gasteiger charge is -2.29. The van der Waals surface area contributed by atoms with E-state index in [0.717, 1.165) is 53.3 Å². The second-order valence-corrected chi connectivity index (χ2v) is 6.62. The number of methoxy groups -OCH3 is 1. The molecule has 1 fully saturated rings. The van der Waals surface area contributed by atoms with Gasteiger partial charge < -0.3 is 14.4 Å². The summed E-state index contributed by atoms with van der Waals surface area (Å²) in [6.07, 6.45) is 1.86. The van der Waals surface area contributed by atoms with Gasteiger partial charge in [0.15, 0.2) is 0 Å². The Labute approximate surface area is 156 Å². The van der Waals surface area contributed by atoms with Crippen LogP contribution in [0.25, 0.3) is 11.6 Å². The Morgan fingerprint density at radius 2 is 2.04 bits per heavy atom. The van der Waals surface area contributed by atoms with E-state index in [1.165, 1.54) is 0 Å². The normalized spacial score (nSPS) is 14.9. The number of hydrogen-bond acceptors (Lipinski definition) is 4. The maximum atomic E-state index is 9.56. The van der Waals surface area contributed by atoms with Crippen LogP contribution in [0, 0.1) is 11.3 Å². The van der Waals surface area contributed by atoms with Crippen molar-refractivity contribution in [3.05, 3.63) is 58.1 Å². The Morgan fingerprint density at radius 1 is 1.24 bits per heavy atom. The molecule has 0 aliphatic carbocycles. The predicted octanol–water partition coefficient (Wildman–Crippen LogP) is 4.36. The van der Waals surface area contributed by atoms with E-state index in [4.69, 9.17) is 9.47 Å². The van der Waals surface area contributed by atoms with Crippen molar-refractivity contribution >= 4 is 33.3 Å². The number of halogens is 1. The highest BCUT2D eigenvalue weighted by atomic mass is 79.9. The number of anilines is 1. The van der Waals surface area contributed by atoms with E-state index in [2.05, 4.69) is 33.0 Å². The average molecular weight is 399 g/mol. The molecule has 3 rings (SSSR count). The smallest absolute Gasteiger partial charge is 0.128 e. The van der Waals surface area contributed by atoms with Crippen molar-refractivity contribution in [2.75, 3.05) is 38.3 Å². The minimum absolute atomic E-state index is 0.596. The highest BCUT2D eigenvalue weighted by molar-refractivity contribution is 9.10. The summed E-state index contributed by atoms with van der Waals surface area (Å²) in [7, 11) is 1.65. The largest absolute Gasteiger partial charge is 0.496 e. The predicted molar refractivity (Wildman–Crippen MR) is 104 cm³/mol. The summed E-state index contributed by atoms with van der Waals surface area (Å²) < 4.78 is 11.9. The van der Waals surface area contributed by atoms with E-state index in [1.807, 2.05) is 42.5 Å². The van der Waals surface area contributed by atoms with Crippen molar-refractivity contribution in [3.8, 4) is 11.8 Å². The molecule has 0 amide bonds. The summed E-state index contributed by atoms with van der Waals surface area (Å²) in [5, 5.41) is 9.56. The van der Waals surface area contributed by atoms with Crippen LogP contribution in [-0.2, 0) is 4.74 Å². The first-order valence-electron chi connectivity index (χ1n) is 8.10. The molecule has 1 aliphatic heterocycles. The number of rotatable bonds is 4. The third kappa shape index (κ3) is 4.22. The molecule has 1 saturated heterocycles. The first kappa shape index (κ1) is 17.5.